The topological polar surface area (TPSA) is 59.6 Å². The normalized spacial score (nSPS) is 31.0. The molecule has 0 spiro atoms. The summed E-state index contributed by atoms with van der Waals surface area (Å²) >= 11 is 0. The Balaban J connectivity index is 1.18. The van der Waals surface area contributed by atoms with Crippen LogP contribution in [0.3, 0.4) is 0 Å². The van der Waals surface area contributed by atoms with Gasteiger partial charge in [-0.1, -0.05) is 25.7 Å². The van der Waals surface area contributed by atoms with Crippen molar-refractivity contribution < 1.29 is 14.3 Å². The van der Waals surface area contributed by atoms with Crippen LogP contribution in [0.5, 0.6) is 0 Å². The van der Waals surface area contributed by atoms with Gasteiger partial charge in [0.15, 0.2) is 0 Å². The Hall–Kier alpha value is -0.810. The summed E-state index contributed by atoms with van der Waals surface area (Å²) in [5, 5.41) is 6.01. The van der Waals surface area contributed by atoms with E-state index in [1.54, 1.807) is 0 Å². The number of urea groups is 1. The lowest BCUT2D eigenvalue weighted by Gasteiger charge is -2.20. The molecule has 23 heavy (non-hydrogen) atoms. The van der Waals surface area contributed by atoms with E-state index in [1.807, 2.05) is 0 Å². The average molecular weight is 324 g/mol. The summed E-state index contributed by atoms with van der Waals surface area (Å²) < 4.78 is 11.7. The number of carbonyl (C=O) groups is 1. The van der Waals surface area contributed by atoms with Crippen LogP contribution in [0.25, 0.3) is 0 Å². The van der Waals surface area contributed by atoms with Crippen molar-refractivity contribution in [1.29, 1.82) is 0 Å². The molecule has 132 valence electrons. The first kappa shape index (κ1) is 17.0. The van der Waals surface area contributed by atoms with Crippen molar-refractivity contribution in [3.63, 3.8) is 0 Å². The summed E-state index contributed by atoms with van der Waals surface area (Å²) in [4.78, 5) is 11.9. The van der Waals surface area contributed by atoms with Crippen LogP contribution in [0, 0.1) is 0 Å². The molecule has 1 aliphatic carbocycles. The molecule has 3 atom stereocenters. The van der Waals surface area contributed by atoms with Crippen LogP contribution in [0.1, 0.15) is 70.6 Å². The fourth-order valence-electron chi connectivity index (χ4n) is 4.10. The number of ether oxygens (including phenoxy) is 2. The Bertz CT molecular complexity index is 369. The third kappa shape index (κ3) is 5.35. The summed E-state index contributed by atoms with van der Waals surface area (Å²) in [5.41, 5.74) is 0. The third-order valence-corrected chi connectivity index (χ3v) is 5.43. The second-order valence-electron chi connectivity index (χ2n) is 7.31. The van der Waals surface area contributed by atoms with Crippen molar-refractivity contribution >= 4 is 6.03 Å². The zero-order valence-corrected chi connectivity index (χ0v) is 14.2. The van der Waals surface area contributed by atoms with Crippen LogP contribution < -0.4 is 10.6 Å². The van der Waals surface area contributed by atoms with Crippen LogP contribution in [0.15, 0.2) is 0 Å². The summed E-state index contributed by atoms with van der Waals surface area (Å²) in [7, 11) is 0. The zero-order chi connectivity index (χ0) is 15.9. The van der Waals surface area contributed by atoms with Gasteiger partial charge in [-0.25, -0.2) is 4.79 Å². The van der Waals surface area contributed by atoms with Crippen molar-refractivity contribution in [2.75, 3.05) is 13.2 Å². The van der Waals surface area contributed by atoms with E-state index in [9.17, 15) is 4.79 Å². The molecule has 2 bridgehead atoms. The van der Waals surface area contributed by atoms with E-state index in [1.165, 1.54) is 38.5 Å². The van der Waals surface area contributed by atoms with Crippen LogP contribution in [-0.2, 0) is 9.47 Å². The third-order valence-electron chi connectivity index (χ3n) is 5.43. The number of fused-ring (bicyclic) bond motifs is 2. The lowest BCUT2D eigenvalue weighted by atomic mass is 9.96. The molecule has 3 aliphatic rings. The lowest BCUT2D eigenvalue weighted by Crippen LogP contribution is -2.46. The molecule has 2 heterocycles. The van der Waals surface area contributed by atoms with Crippen molar-refractivity contribution in [3.8, 4) is 0 Å². The first-order chi connectivity index (χ1) is 11.3. The van der Waals surface area contributed by atoms with E-state index in [4.69, 9.17) is 9.47 Å². The van der Waals surface area contributed by atoms with Crippen molar-refractivity contribution in [3.05, 3.63) is 0 Å². The molecule has 2 amide bonds. The molecule has 0 aromatic heterocycles. The van der Waals surface area contributed by atoms with Crippen LogP contribution in [0.2, 0.25) is 0 Å². The van der Waals surface area contributed by atoms with Crippen LogP contribution in [0.4, 0.5) is 4.79 Å². The van der Waals surface area contributed by atoms with Gasteiger partial charge in [-0.3, -0.25) is 0 Å². The maximum Gasteiger partial charge on any atom is 0.315 e. The standard InChI is InChI=1S/C18H32N2O3/c21-18(20-16-13-15-9-10-17(16)23-15)19-11-5-6-12-22-14-7-3-1-2-4-8-14/h14-17H,1-13H2,(H2,19,20,21)/t15-,16+,17-/m1/s1. The molecular weight excluding hydrogens is 292 g/mol. The maximum atomic E-state index is 11.9. The van der Waals surface area contributed by atoms with Gasteiger partial charge in [0.2, 0.25) is 0 Å². The molecule has 5 heteroatoms. The van der Waals surface area contributed by atoms with Gasteiger partial charge in [-0.15, -0.1) is 0 Å². The highest BCUT2D eigenvalue weighted by Crippen LogP contribution is 2.34. The second kappa shape index (κ2) is 8.88. The fourth-order valence-corrected chi connectivity index (χ4v) is 4.10. The Morgan fingerprint density at radius 2 is 1.87 bits per heavy atom. The number of amides is 2. The predicted molar refractivity (Wildman–Crippen MR) is 89.5 cm³/mol. The summed E-state index contributed by atoms with van der Waals surface area (Å²) in [6.45, 7) is 1.55. The number of rotatable bonds is 7. The Morgan fingerprint density at radius 3 is 2.57 bits per heavy atom. The molecule has 3 fully saturated rings. The van der Waals surface area contributed by atoms with Gasteiger partial charge in [-0.05, 0) is 44.9 Å². The minimum Gasteiger partial charge on any atom is -0.378 e. The molecule has 0 aromatic rings. The minimum atomic E-state index is -0.0455. The van der Waals surface area contributed by atoms with Gasteiger partial charge in [0.25, 0.3) is 0 Å². The Morgan fingerprint density at radius 1 is 1.04 bits per heavy atom. The predicted octanol–water partition coefficient (Wildman–Crippen LogP) is 3.13. The molecule has 2 N–H and O–H groups in total. The van der Waals surface area contributed by atoms with Gasteiger partial charge < -0.3 is 20.1 Å². The first-order valence-corrected chi connectivity index (χ1v) is 9.62. The molecule has 0 radical (unpaired) electrons. The van der Waals surface area contributed by atoms with Crippen LogP contribution >= 0.6 is 0 Å². The largest absolute Gasteiger partial charge is 0.378 e. The van der Waals surface area contributed by atoms with E-state index in [0.29, 0.717) is 12.2 Å². The van der Waals surface area contributed by atoms with Gasteiger partial charge >= 0.3 is 6.03 Å². The van der Waals surface area contributed by atoms with E-state index >= 15 is 0 Å². The maximum absolute atomic E-state index is 11.9. The SMILES string of the molecule is O=C(NCCCCOC1CCCCCC1)N[C@H]1C[C@H]2CC[C@H]1O2. The number of hydrogen-bond donors (Lipinski definition) is 2. The van der Waals surface area contributed by atoms with Gasteiger partial charge in [-0.2, -0.15) is 0 Å². The minimum absolute atomic E-state index is 0.0455. The van der Waals surface area contributed by atoms with Crippen molar-refractivity contribution in [2.24, 2.45) is 0 Å². The Labute approximate surface area is 139 Å². The van der Waals surface area contributed by atoms with E-state index in [0.717, 1.165) is 45.3 Å². The fraction of sp³-hybridized carbons (Fsp3) is 0.944. The summed E-state index contributed by atoms with van der Waals surface area (Å²) in [5.74, 6) is 0. The number of hydrogen-bond acceptors (Lipinski definition) is 3. The quantitative estimate of drug-likeness (QED) is 0.559. The average Bonchev–Trinajstić information content (AvgIpc) is 3.06. The smallest absolute Gasteiger partial charge is 0.315 e. The van der Waals surface area contributed by atoms with Gasteiger partial charge in [0, 0.05) is 13.2 Å². The first-order valence-electron chi connectivity index (χ1n) is 9.62. The summed E-state index contributed by atoms with van der Waals surface area (Å²) in [6.07, 6.45) is 14.2. The molecule has 5 nitrogen and oxygen atoms in total. The van der Waals surface area contributed by atoms with Crippen molar-refractivity contribution in [1.82, 2.24) is 10.6 Å². The highest BCUT2D eigenvalue weighted by Gasteiger charge is 2.41. The van der Waals surface area contributed by atoms with Gasteiger partial charge in [0.1, 0.15) is 0 Å². The van der Waals surface area contributed by atoms with E-state index in [-0.39, 0.29) is 18.2 Å². The van der Waals surface area contributed by atoms with Crippen LogP contribution in [-0.4, -0.2) is 43.5 Å². The highest BCUT2D eigenvalue weighted by atomic mass is 16.5. The molecule has 3 rings (SSSR count). The number of carbonyl (C=O) groups excluding carboxylic acids is 1. The van der Waals surface area contributed by atoms with Gasteiger partial charge in [0.05, 0.1) is 24.4 Å². The van der Waals surface area contributed by atoms with E-state index in [2.05, 4.69) is 10.6 Å². The van der Waals surface area contributed by atoms with E-state index < -0.39 is 0 Å². The molecular formula is C18H32N2O3. The number of unbranched alkanes of at least 4 members (excludes halogenated alkanes) is 1. The van der Waals surface area contributed by atoms with Crippen molar-refractivity contribution in [2.45, 2.75) is 95.0 Å². The highest BCUT2D eigenvalue weighted by molar-refractivity contribution is 5.74. The molecule has 0 unspecified atom stereocenters. The monoisotopic (exact) mass is 324 g/mol. The molecule has 1 saturated carbocycles. The Kier molecular flexibility index (Phi) is 6.57. The second-order valence-corrected chi connectivity index (χ2v) is 7.31. The molecule has 0 aromatic carbocycles. The summed E-state index contributed by atoms with van der Waals surface area (Å²) in [6, 6.07) is 0.170. The molecule has 2 aliphatic heterocycles. The lowest BCUT2D eigenvalue weighted by molar-refractivity contribution is 0.0411. The zero-order valence-electron chi connectivity index (χ0n) is 14.2. The number of nitrogens with one attached hydrogen (secondary N) is 2. The molecule has 2 saturated heterocycles.